The first kappa shape index (κ1) is 15.7. The van der Waals surface area contributed by atoms with E-state index in [0.29, 0.717) is 0 Å². The Bertz CT molecular complexity index is 790. The molecule has 2 aromatic carbocycles. The quantitative estimate of drug-likeness (QED) is 0.877. The van der Waals surface area contributed by atoms with E-state index >= 15 is 0 Å². The summed E-state index contributed by atoms with van der Waals surface area (Å²) in [5.74, 6) is -1.13. The highest BCUT2D eigenvalue weighted by Crippen LogP contribution is 2.31. The second-order valence-corrected chi connectivity index (χ2v) is 5.51. The summed E-state index contributed by atoms with van der Waals surface area (Å²) in [7, 11) is 0. The maximum absolute atomic E-state index is 11.3. The summed E-state index contributed by atoms with van der Waals surface area (Å²) in [4.78, 5) is 15.6. The minimum Gasteiger partial charge on any atom is -0.481 e. The molecule has 0 amide bonds. The second kappa shape index (κ2) is 7.42. The molecule has 1 aliphatic rings. The number of rotatable bonds is 5. The van der Waals surface area contributed by atoms with Gasteiger partial charge in [0.05, 0.1) is 18.5 Å². The van der Waals surface area contributed by atoms with Crippen molar-refractivity contribution in [1.82, 2.24) is 5.32 Å². The summed E-state index contributed by atoms with van der Waals surface area (Å²) in [6, 6.07) is 18.1. The Morgan fingerprint density at radius 2 is 1.75 bits per heavy atom. The SMILES string of the molecule is O=C(O)CC(C1=CC=CNC=N1)c1ccc(-c2ccccc2)cc1. The van der Waals surface area contributed by atoms with E-state index in [1.165, 1.54) is 0 Å². The van der Waals surface area contributed by atoms with Gasteiger partial charge in [-0.05, 0) is 28.8 Å². The molecule has 2 aromatic rings. The van der Waals surface area contributed by atoms with E-state index < -0.39 is 5.97 Å². The van der Waals surface area contributed by atoms with Crippen molar-refractivity contribution in [3.8, 4) is 11.1 Å². The molecule has 4 nitrogen and oxygen atoms in total. The fourth-order valence-electron chi connectivity index (χ4n) is 2.71. The van der Waals surface area contributed by atoms with E-state index in [0.717, 1.165) is 22.4 Å². The second-order valence-electron chi connectivity index (χ2n) is 5.51. The van der Waals surface area contributed by atoms with Crippen LogP contribution in [0.1, 0.15) is 17.9 Å². The number of hydrogen-bond acceptors (Lipinski definition) is 3. The van der Waals surface area contributed by atoms with Crippen molar-refractivity contribution in [2.24, 2.45) is 4.99 Å². The molecule has 1 heterocycles. The van der Waals surface area contributed by atoms with Crippen molar-refractivity contribution < 1.29 is 9.90 Å². The van der Waals surface area contributed by atoms with Crippen LogP contribution in [-0.4, -0.2) is 17.4 Å². The lowest BCUT2D eigenvalue weighted by Gasteiger charge is -2.16. The Morgan fingerprint density at radius 3 is 2.46 bits per heavy atom. The van der Waals surface area contributed by atoms with Gasteiger partial charge in [0.1, 0.15) is 0 Å². The van der Waals surface area contributed by atoms with Crippen molar-refractivity contribution in [2.45, 2.75) is 12.3 Å². The number of aliphatic imine (C=N–C) groups is 1. The molecule has 4 heteroatoms. The number of benzene rings is 2. The minimum absolute atomic E-state index is 0.00168. The number of carboxylic acid groups (broad SMARTS) is 1. The van der Waals surface area contributed by atoms with Crippen LogP contribution in [0.15, 0.2) is 83.6 Å². The molecule has 0 spiro atoms. The zero-order valence-corrected chi connectivity index (χ0v) is 13.1. The average Bonchev–Trinajstić information content (AvgIpc) is 2.90. The van der Waals surface area contributed by atoms with Crippen LogP contribution >= 0.6 is 0 Å². The van der Waals surface area contributed by atoms with E-state index in [9.17, 15) is 9.90 Å². The third-order valence-electron chi connectivity index (χ3n) is 3.90. The predicted molar refractivity (Wildman–Crippen MR) is 95.7 cm³/mol. The van der Waals surface area contributed by atoms with Crippen molar-refractivity contribution >= 4 is 12.3 Å². The fraction of sp³-hybridized carbons (Fsp3) is 0.100. The van der Waals surface area contributed by atoms with E-state index in [-0.39, 0.29) is 12.3 Å². The van der Waals surface area contributed by atoms with Crippen LogP contribution in [0, 0.1) is 0 Å². The number of allylic oxidation sites excluding steroid dienone is 3. The number of carbonyl (C=O) groups is 1. The van der Waals surface area contributed by atoms with Crippen LogP contribution in [0.3, 0.4) is 0 Å². The topological polar surface area (TPSA) is 61.7 Å². The Hall–Kier alpha value is -3.14. The zero-order chi connectivity index (χ0) is 16.8. The molecule has 0 saturated heterocycles. The number of carboxylic acids is 1. The van der Waals surface area contributed by atoms with Gasteiger partial charge in [-0.25, -0.2) is 4.99 Å². The lowest BCUT2D eigenvalue weighted by molar-refractivity contribution is -0.137. The van der Waals surface area contributed by atoms with Gasteiger partial charge in [0.25, 0.3) is 0 Å². The summed E-state index contributed by atoms with van der Waals surface area (Å²) in [5.41, 5.74) is 3.91. The molecule has 1 atom stereocenters. The minimum atomic E-state index is -0.843. The highest BCUT2D eigenvalue weighted by Gasteiger charge is 2.20. The molecule has 0 radical (unpaired) electrons. The highest BCUT2D eigenvalue weighted by atomic mass is 16.4. The molecular weight excluding hydrogens is 300 g/mol. The van der Waals surface area contributed by atoms with Gasteiger partial charge in [-0.2, -0.15) is 0 Å². The molecule has 3 rings (SSSR count). The number of hydrogen-bond donors (Lipinski definition) is 2. The molecule has 0 aliphatic carbocycles. The van der Waals surface area contributed by atoms with Gasteiger partial charge in [-0.15, -0.1) is 0 Å². The van der Waals surface area contributed by atoms with Crippen LogP contribution in [-0.2, 0) is 4.79 Å². The molecule has 1 unspecified atom stereocenters. The van der Waals surface area contributed by atoms with Gasteiger partial charge in [0.2, 0.25) is 0 Å². The average molecular weight is 318 g/mol. The third kappa shape index (κ3) is 3.79. The maximum atomic E-state index is 11.3. The summed E-state index contributed by atoms with van der Waals surface area (Å²) >= 11 is 0. The van der Waals surface area contributed by atoms with Crippen molar-refractivity contribution in [3.63, 3.8) is 0 Å². The van der Waals surface area contributed by atoms with Crippen molar-refractivity contribution in [1.29, 1.82) is 0 Å². The van der Waals surface area contributed by atoms with Crippen molar-refractivity contribution in [2.75, 3.05) is 0 Å². The molecule has 0 bridgehead atoms. The lowest BCUT2D eigenvalue weighted by atomic mass is 9.90. The van der Waals surface area contributed by atoms with Crippen molar-refractivity contribution in [3.05, 3.63) is 84.2 Å². The van der Waals surface area contributed by atoms with Gasteiger partial charge >= 0.3 is 5.97 Å². The molecular formula is C20H18N2O2. The molecule has 0 fully saturated rings. The summed E-state index contributed by atoms with van der Waals surface area (Å²) in [5, 5.41) is 12.2. The monoisotopic (exact) mass is 318 g/mol. The third-order valence-corrected chi connectivity index (χ3v) is 3.90. The first-order valence-corrected chi connectivity index (χ1v) is 7.76. The fourth-order valence-corrected chi connectivity index (χ4v) is 2.71. The number of nitrogens with one attached hydrogen (secondary N) is 1. The summed E-state index contributed by atoms with van der Waals surface area (Å²) in [6.07, 6.45) is 7.00. The van der Waals surface area contributed by atoms with E-state index in [2.05, 4.69) is 22.4 Å². The highest BCUT2D eigenvalue weighted by molar-refractivity contribution is 5.70. The van der Waals surface area contributed by atoms with E-state index in [4.69, 9.17) is 0 Å². The van der Waals surface area contributed by atoms with Crippen LogP contribution < -0.4 is 5.32 Å². The van der Waals surface area contributed by atoms with Gasteiger partial charge < -0.3 is 10.4 Å². The van der Waals surface area contributed by atoms with Gasteiger partial charge in [0.15, 0.2) is 0 Å². The normalized spacial score (nSPS) is 14.4. The Balaban J connectivity index is 1.92. The molecule has 0 aromatic heterocycles. The van der Waals surface area contributed by atoms with E-state index in [1.54, 1.807) is 12.5 Å². The largest absolute Gasteiger partial charge is 0.481 e. The number of nitrogens with zero attached hydrogens (tertiary/aromatic N) is 1. The number of aliphatic carboxylic acids is 1. The van der Waals surface area contributed by atoms with E-state index in [1.807, 2.05) is 54.6 Å². The summed E-state index contributed by atoms with van der Waals surface area (Å²) in [6.45, 7) is 0. The standard InChI is InChI=1S/C20H18N2O2/c23-20(24)13-18(19-7-4-12-21-14-22-19)17-10-8-16(9-11-17)15-5-2-1-3-6-15/h1-12,14,18H,13H2,(H,21,22)(H,23,24). The molecule has 120 valence electrons. The zero-order valence-electron chi connectivity index (χ0n) is 13.1. The lowest BCUT2D eigenvalue weighted by Crippen LogP contribution is -2.09. The van der Waals surface area contributed by atoms with Crippen LogP contribution in [0.5, 0.6) is 0 Å². The molecule has 1 aliphatic heterocycles. The summed E-state index contributed by atoms with van der Waals surface area (Å²) < 4.78 is 0. The molecule has 2 N–H and O–H groups in total. The Morgan fingerprint density at radius 1 is 1.04 bits per heavy atom. The van der Waals surface area contributed by atoms with Crippen LogP contribution in [0.25, 0.3) is 11.1 Å². The van der Waals surface area contributed by atoms with Gasteiger partial charge in [-0.3, -0.25) is 4.79 Å². The van der Waals surface area contributed by atoms with Crippen LogP contribution in [0.2, 0.25) is 0 Å². The van der Waals surface area contributed by atoms with Gasteiger partial charge in [-0.1, -0.05) is 54.6 Å². The smallest absolute Gasteiger partial charge is 0.304 e. The Labute approximate surface area is 140 Å². The Kier molecular flexibility index (Phi) is 4.87. The molecule has 0 saturated carbocycles. The first-order valence-electron chi connectivity index (χ1n) is 7.76. The maximum Gasteiger partial charge on any atom is 0.304 e. The van der Waals surface area contributed by atoms with Crippen LogP contribution in [0.4, 0.5) is 0 Å². The molecule has 24 heavy (non-hydrogen) atoms. The van der Waals surface area contributed by atoms with Gasteiger partial charge in [0, 0.05) is 12.1 Å². The predicted octanol–water partition coefficient (Wildman–Crippen LogP) is 3.94. The first-order chi connectivity index (χ1) is 11.7.